The van der Waals surface area contributed by atoms with Crippen LogP contribution in [0.25, 0.3) is 0 Å². The van der Waals surface area contributed by atoms with Crippen LogP contribution in [0.1, 0.15) is 42.5 Å². The van der Waals surface area contributed by atoms with E-state index in [9.17, 15) is 5.11 Å². The van der Waals surface area contributed by atoms with Crippen molar-refractivity contribution in [3.63, 3.8) is 0 Å². The number of phenolic OH excluding ortho intramolecular Hbond substituents is 1. The molecule has 0 unspecified atom stereocenters. The van der Waals surface area contributed by atoms with Crippen molar-refractivity contribution in [3.05, 3.63) is 27.2 Å². The Labute approximate surface area is 112 Å². The molecule has 0 bridgehead atoms. The van der Waals surface area contributed by atoms with E-state index in [2.05, 4.69) is 22.9 Å². The van der Waals surface area contributed by atoms with Crippen molar-refractivity contribution in [1.29, 1.82) is 0 Å². The van der Waals surface area contributed by atoms with Gasteiger partial charge in [-0.15, -0.1) is 12.4 Å². The molecule has 0 heterocycles. The lowest BCUT2D eigenvalue weighted by atomic mass is 9.96. The van der Waals surface area contributed by atoms with E-state index in [1.54, 1.807) is 6.07 Å². The summed E-state index contributed by atoms with van der Waals surface area (Å²) in [5.74, 6) is 0.314. The van der Waals surface area contributed by atoms with E-state index >= 15 is 0 Å². The predicted octanol–water partition coefficient (Wildman–Crippen LogP) is 3.99. The minimum absolute atomic E-state index is 0. The van der Waals surface area contributed by atoms with Crippen LogP contribution in [0.15, 0.2) is 10.5 Å². The molecule has 0 amide bonds. The molecule has 92 valence electrons. The van der Waals surface area contributed by atoms with Crippen molar-refractivity contribution >= 4 is 28.3 Å². The number of halogens is 2. The van der Waals surface area contributed by atoms with Crippen LogP contribution in [0.2, 0.25) is 0 Å². The van der Waals surface area contributed by atoms with Gasteiger partial charge in [0, 0.05) is 16.1 Å². The summed E-state index contributed by atoms with van der Waals surface area (Å²) in [5, 5.41) is 9.89. The summed E-state index contributed by atoms with van der Waals surface area (Å²) in [4.78, 5) is 0. The maximum Gasteiger partial charge on any atom is 0.120 e. The fraction of sp³-hybridized carbons (Fsp3) is 0.500. The van der Waals surface area contributed by atoms with E-state index in [4.69, 9.17) is 5.73 Å². The van der Waals surface area contributed by atoms with E-state index in [1.807, 2.05) is 13.8 Å². The van der Waals surface area contributed by atoms with Crippen molar-refractivity contribution in [1.82, 2.24) is 0 Å². The number of aryl methyl sites for hydroxylation is 1. The summed E-state index contributed by atoms with van der Waals surface area (Å²) in [5.41, 5.74) is 9.00. The fourth-order valence-corrected chi connectivity index (χ4v) is 2.20. The monoisotopic (exact) mass is 307 g/mol. The molecule has 1 aromatic carbocycles. The van der Waals surface area contributed by atoms with E-state index in [-0.39, 0.29) is 18.4 Å². The van der Waals surface area contributed by atoms with Crippen molar-refractivity contribution in [2.75, 3.05) is 0 Å². The molecule has 0 aromatic heterocycles. The highest BCUT2D eigenvalue weighted by Gasteiger charge is 2.16. The van der Waals surface area contributed by atoms with Crippen LogP contribution in [0.3, 0.4) is 0 Å². The first kappa shape index (κ1) is 15.8. The van der Waals surface area contributed by atoms with Crippen molar-refractivity contribution in [2.24, 2.45) is 5.73 Å². The summed E-state index contributed by atoms with van der Waals surface area (Å²) in [7, 11) is 0. The normalized spacial score (nSPS) is 12.1. The Morgan fingerprint density at radius 1 is 1.44 bits per heavy atom. The van der Waals surface area contributed by atoms with Gasteiger partial charge in [0.05, 0.1) is 0 Å². The van der Waals surface area contributed by atoms with Gasteiger partial charge in [0.15, 0.2) is 0 Å². The molecule has 0 saturated heterocycles. The number of hydrogen-bond donors (Lipinski definition) is 2. The number of benzene rings is 1. The Hall–Kier alpha value is -0.250. The second-order valence-electron chi connectivity index (χ2n) is 3.96. The average molecular weight is 309 g/mol. The van der Waals surface area contributed by atoms with Crippen LogP contribution < -0.4 is 5.73 Å². The summed E-state index contributed by atoms with van der Waals surface area (Å²) in [6.45, 7) is 6.04. The van der Waals surface area contributed by atoms with Crippen molar-refractivity contribution < 1.29 is 5.11 Å². The Morgan fingerprint density at radius 3 is 2.50 bits per heavy atom. The molecular weight excluding hydrogens is 289 g/mol. The lowest BCUT2D eigenvalue weighted by Crippen LogP contribution is -2.12. The Kier molecular flexibility index (Phi) is 6.38. The van der Waals surface area contributed by atoms with Gasteiger partial charge >= 0.3 is 0 Å². The smallest absolute Gasteiger partial charge is 0.120 e. The molecule has 0 aliphatic rings. The van der Waals surface area contributed by atoms with E-state index in [0.29, 0.717) is 5.75 Å². The van der Waals surface area contributed by atoms with Gasteiger partial charge in [-0.3, -0.25) is 0 Å². The minimum Gasteiger partial charge on any atom is -0.508 e. The molecule has 0 aliphatic carbocycles. The molecule has 1 rings (SSSR count). The van der Waals surface area contributed by atoms with Crippen molar-refractivity contribution in [2.45, 2.75) is 39.7 Å². The molecule has 0 radical (unpaired) electrons. The van der Waals surface area contributed by atoms with Crippen LogP contribution in [0.4, 0.5) is 0 Å². The van der Waals surface area contributed by atoms with Crippen LogP contribution in [-0.2, 0) is 0 Å². The Balaban J connectivity index is 0.00000225. The standard InChI is InChI=1S/C12H18BrNO.ClH/c1-4-5-9(14)11-8(3)12(13)7(2)6-10(11)15;/h6,9,15H,4-5,14H2,1-3H3;1H/t9-;/m0./s1. The largest absolute Gasteiger partial charge is 0.508 e. The van der Waals surface area contributed by atoms with Gasteiger partial charge in [-0.05, 0) is 37.5 Å². The fourth-order valence-electron chi connectivity index (χ4n) is 1.88. The minimum atomic E-state index is -0.0769. The molecule has 1 aromatic rings. The topological polar surface area (TPSA) is 46.2 Å². The zero-order valence-corrected chi connectivity index (χ0v) is 12.3. The molecule has 3 N–H and O–H groups in total. The molecule has 16 heavy (non-hydrogen) atoms. The summed E-state index contributed by atoms with van der Waals surface area (Å²) < 4.78 is 1.04. The third-order valence-corrected chi connectivity index (χ3v) is 3.90. The number of aromatic hydroxyl groups is 1. The average Bonchev–Trinajstić information content (AvgIpc) is 2.15. The van der Waals surface area contributed by atoms with E-state index in [1.165, 1.54) is 0 Å². The third kappa shape index (κ3) is 3.12. The first-order valence-electron chi connectivity index (χ1n) is 5.23. The van der Waals surface area contributed by atoms with Gasteiger partial charge in [-0.1, -0.05) is 29.3 Å². The lowest BCUT2D eigenvalue weighted by Gasteiger charge is -2.18. The molecule has 0 spiro atoms. The Morgan fingerprint density at radius 2 is 2.00 bits per heavy atom. The Bertz CT molecular complexity index is 369. The molecular formula is C12H19BrClNO. The third-order valence-electron chi connectivity index (χ3n) is 2.68. The van der Waals surface area contributed by atoms with E-state index < -0.39 is 0 Å². The SMILES string of the molecule is CCC[C@H](N)c1c(O)cc(C)c(Br)c1C.Cl. The summed E-state index contributed by atoms with van der Waals surface area (Å²) in [6.07, 6.45) is 1.91. The molecule has 0 saturated carbocycles. The number of hydrogen-bond acceptors (Lipinski definition) is 2. The molecule has 2 nitrogen and oxygen atoms in total. The quantitative estimate of drug-likeness (QED) is 0.887. The molecule has 1 atom stereocenters. The first-order chi connectivity index (χ1) is 6.99. The molecule has 0 fully saturated rings. The van der Waals surface area contributed by atoms with E-state index in [0.717, 1.165) is 34.0 Å². The van der Waals surface area contributed by atoms with Crippen LogP contribution in [0.5, 0.6) is 5.75 Å². The highest BCUT2D eigenvalue weighted by Crippen LogP contribution is 2.35. The maximum absolute atomic E-state index is 9.89. The van der Waals surface area contributed by atoms with Crippen molar-refractivity contribution in [3.8, 4) is 5.75 Å². The highest BCUT2D eigenvalue weighted by atomic mass is 79.9. The van der Waals surface area contributed by atoms with Crippen LogP contribution >= 0.6 is 28.3 Å². The zero-order chi connectivity index (χ0) is 11.6. The first-order valence-corrected chi connectivity index (χ1v) is 6.02. The van der Waals surface area contributed by atoms with Gasteiger partial charge in [0.2, 0.25) is 0 Å². The van der Waals surface area contributed by atoms with Crippen LogP contribution in [0, 0.1) is 13.8 Å². The van der Waals surface area contributed by atoms with Gasteiger partial charge in [-0.25, -0.2) is 0 Å². The summed E-state index contributed by atoms with van der Waals surface area (Å²) in [6, 6.07) is 1.69. The van der Waals surface area contributed by atoms with Gasteiger partial charge in [-0.2, -0.15) is 0 Å². The van der Waals surface area contributed by atoms with Gasteiger partial charge in [0.25, 0.3) is 0 Å². The molecule has 0 aliphatic heterocycles. The lowest BCUT2D eigenvalue weighted by molar-refractivity contribution is 0.456. The second-order valence-corrected chi connectivity index (χ2v) is 4.75. The maximum atomic E-state index is 9.89. The van der Waals surface area contributed by atoms with Crippen LogP contribution in [-0.4, -0.2) is 5.11 Å². The second kappa shape index (κ2) is 6.48. The number of nitrogens with two attached hydrogens (primary N) is 1. The number of phenols is 1. The highest BCUT2D eigenvalue weighted by molar-refractivity contribution is 9.10. The zero-order valence-electron chi connectivity index (χ0n) is 9.88. The molecule has 4 heteroatoms. The number of rotatable bonds is 3. The van der Waals surface area contributed by atoms with Gasteiger partial charge in [0.1, 0.15) is 5.75 Å². The van der Waals surface area contributed by atoms with Gasteiger partial charge < -0.3 is 10.8 Å². The summed E-state index contributed by atoms with van der Waals surface area (Å²) >= 11 is 3.52. The predicted molar refractivity (Wildman–Crippen MR) is 74.4 cm³/mol.